The summed E-state index contributed by atoms with van der Waals surface area (Å²) in [5, 5.41) is 3.13. The van der Waals surface area contributed by atoms with Crippen LogP contribution in [0.4, 0.5) is 16.0 Å². The van der Waals surface area contributed by atoms with Gasteiger partial charge >= 0.3 is 0 Å². The van der Waals surface area contributed by atoms with E-state index in [1.165, 1.54) is 6.20 Å². The molecule has 0 radical (unpaired) electrons. The number of imidazole rings is 1. The Bertz CT molecular complexity index is 1120. The topological polar surface area (TPSA) is 101 Å². The van der Waals surface area contributed by atoms with Gasteiger partial charge in [0.2, 0.25) is 5.95 Å². The molecule has 9 nitrogen and oxygen atoms in total. The molecule has 0 saturated carbocycles. The predicted octanol–water partition coefficient (Wildman–Crippen LogP) is 4.04. The molecule has 35 heavy (non-hydrogen) atoms. The summed E-state index contributed by atoms with van der Waals surface area (Å²) in [7, 11) is 1.78. The zero-order valence-electron chi connectivity index (χ0n) is 20.2. The summed E-state index contributed by atoms with van der Waals surface area (Å²) in [6.45, 7) is 5.59. The Labute approximate surface area is 204 Å². The highest BCUT2D eigenvalue weighted by atomic mass is 19.1. The molecule has 2 atom stereocenters. The molecule has 2 saturated heterocycles. The Morgan fingerprint density at radius 2 is 2.00 bits per heavy atom. The highest BCUT2D eigenvalue weighted by Gasteiger charge is 2.24. The third kappa shape index (κ3) is 5.83. The molecular formula is C25H32FN7O2. The van der Waals surface area contributed by atoms with Crippen molar-refractivity contribution in [3.63, 3.8) is 0 Å². The number of aromatic amines is 1. The average molecular weight is 482 g/mol. The number of anilines is 2. The van der Waals surface area contributed by atoms with Crippen LogP contribution in [0.3, 0.4) is 0 Å². The molecule has 2 aliphatic rings. The molecule has 2 fully saturated rings. The summed E-state index contributed by atoms with van der Waals surface area (Å²) in [6, 6.07) is 3.93. The second-order valence-corrected chi connectivity index (χ2v) is 9.35. The van der Waals surface area contributed by atoms with Crippen molar-refractivity contribution in [2.75, 3.05) is 32.1 Å². The first kappa shape index (κ1) is 23.8. The van der Waals surface area contributed by atoms with Crippen LogP contribution in [0.15, 0.2) is 30.7 Å². The predicted molar refractivity (Wildman–Crippen MR) is 130 cm³/mol. The zero-order chi connectivity index (χ0) is 24.2. The minimum Gasteiger partial charge on any atom is -0.381 e. The van der Waals surface area contributed by atoms with Crippen LogP contribution in [-0.2, 0) is 16.0 Å². The molecule has 2 aliphatic heterocycles. The fraction of sp³-hybridized carbons (Fsp3) is 0.520. The van der Waals surface area contributed by atoms with E-state index in [-0.39, 0.29) is 17.7 Å². The molecule has 3 aromatic rings. The van der Waals surface area contributed by atoms with E-state index >= 15 is 0 Å². The lowest BCUT2D eigenvalue weighted by Gasteiger charge is -2.30. The Morgan fingerprint density at radius 3 is 2.74 bits per heavy atom. The Hall–Kier alpha value is -2.95. The van der Waals surface area contributed by atoms with E-state index in [0.717, 1.165) is 62.5 Å². The normalized spacial score (nSPS) is 21.8. The van der Waals surface area contributed by atoms with Crippen LogP contribution in [-0.4, -0.2) is 68.8 Å². The van der Waals surface area contributed by atoms with Gasteiger partial charge in [-0.15, -0.1) is 0 Å². The zero-order valence-corrected chi connectivity index (χ0v) is 20.2. The molecule has 5 heterocycles. The minimum absolute atomic E-state index is 0.186. The van der Waals surface area contributed by atoms with E-state index in [2.05, 4.69) is 42.1 Å². The fourth-order valence-electron chi connectivity index (χ4n) is 4.78. The maximum absolute atomic E-state index is 14.6. The lowest BCUT2D eigenvalue weighted by atomic mass is 9.96. The van der Waals surface area contributed by atoms with Crippen LogP contribution >= 0.6 is 0 Å². The molecule has 0 aromatic carbocycles. The Morgan fingerprint density at radius 1 is 1.14 bits per heavy atom. The first-order chi connectivity index (χ1) is 17.1. The second-order valence-electron chi connectivity index (χ2n) is 9.35. The van der Waals surface area contributed by atoms with Crippen molar-refractivity contribution in [1.29, 1.82) is 0 Å². The van der Waals surface area contributed by atoms with E-state index in [4.69, 9.17) is 9.47 Å². The van der Waals surface area contributed by atoms with Gasteiger partial charge in [0.05, 0.1) is 47.9 Å². The van der Waals surface area contributed by atoms with Crippen LogP contribution in [0.5, 0.6) is 0 Å². The van der Waals surface area contributed by atoms with Crippen molar-refractivity contribution < 1.29 is 13.9 Å². The summed E-state index contributed by atoms with van der Waals surface area (Å²) in [4.78, 5) is 23.2. The molecular weight excluding hydrogens is 449 g/mol. The van der Waals surface area contributed by atoms with E-state index in [9.17, 15) is 4.39 Å². The van der Waals surface area contributed by atoms with Crippen molar-refractivity contribution in [2.24, 2.45) is 0 Å². The van der Waals surface area contributed by atoms with E-state index < -0.39 is 5.82 Å². The number of methoxy groups -OCH3 is 1. The smallest absolute Gasteiger partial charge is 0.228 e. The van der Waals surface area contributed by atoms with Crippen LogP contribution in [0.25, 0.3) is 11.4 Å². The van der Waals surface area contributed by atoms with Gasteiger partial charge in [-0.3, -0.25) is 9.88 Å². The quantitative estimate of drug-likeness (QED) is 0.522. The molecule has 0 amide bonds. The molecule has 0 spiro atoms. The summed E-state index contributed by atoms with van der Waals surface area (Å²) < 4.78 is 25.7. The summed E-state index contributed by atoms with van der Waals surface area (Å²) in [5.41, 5.74) is 2.46. The van der Waals surface area contributed by atoms with Gasteiger partial charge in [-0.1, -0.05) is 0 Å². The van der Waals surface area contributed by atoms with Crippen molar-refractivity contribution in [2.45, 2.75) is 57.3 Å². The maximum Gasteiger partial charge on any atom is 0.228 e. The van der Waals surface area contributed by atoms with Gasteiger partial charge in [0, 0.05) is 39.3 Å². The molecule has 2 N–H and O–H groups in total. The van der Waals surface area contributed by atoms with Gasteiger partial charge in [0.1, 0.15) is 11.5 Å². The van der Waals surface area contributed by atoms with Gasteiger partial charge in [0.15, 0.2) is 5.82 Å². The number of pyridine rings is 1. The number of nitrogens with zero attached hydrogens (tertiary/aromatic N) is 5. The van der Waals surface area contributed by atoms with Gasteiger partial charge in [-0.05, 0) is 44.7 Å². The molecule has 0 aliphatic carbocycles. The van der Waals surface area contributed by atoms with Crippen LogP contribution in [0.1, 0.15) is 50.0 Å². The number of likely N-dealkylation sites (tertiary alicyclic amines) is 1. The largest absolute Gasteiger partial charge is 0.381 e. The number of hydrogen-bond donors (Lipinski definition) is 2. The lowest BCUT2D eigenvalue weighted by molar-refractivity contribution is 0.0174. The van der Waals surface area contributed by atoms with Crippen molar-refractivity contribution in [3.8, 4) is 11.4 Å². The standard InChI is InChI=1S/C25H32FN7O2/c1-16-11-17(7-10-35-16)24-28-14-22(31-24)23-21(26)13-29-25(32-23)30-18-3-4-19(27-12-18)15-33-8-5-20(34-2)6-9-33/h3-4,12-14,16-17,20H,5-11,15H2,1-2H3,(H,28,31)(H,29,30,32). The highest BCUT2D eigenvalue weighted by molar-refractivity contribution is 5.59. The van der Waals surface area contributed by atoms with Crippen LogP contribution < -0.4 is 5.32 Å². The van der Waals surface area contributed by atoms with Crippen molar-refractivity contribution in [1.82, 2.24) is 29.8 Å². The van der Waals surface area contributed by atoms with E-state index in [1.807, 2.05) is 12.1 Å². The number of hydrogen-bond acceptors (Lipinski definition) is 8. The Kier molecular flexibility index (Phi) is 7.31. The minimum atomic E-state index is -0.503. The van der Waals surface area contributed by atoms with Gasteiger partial charge < -0.3 is 19.8 Å². The number of halogens is 1. The third-order valence-corrected chi connectivity index (χ3v) is 6.80. The molecule has 3 aromatic heterocycles. The molecule has 10 heteroatoms. The first-order valence-corrected chi connectivity index (χ1v) is 12.2. The van der Waals surface area contributed by atoms with E-state index in [0.29, 0.717) is 24.4 Å². The summed E-state index contributed by atoms with van der Waals surface area (Å²) >= 11 is 0. The monoisotopic (exact) mass is 481 g/mol. The number of H-pyrrole nitrogens is 1. The van der Waals surface area contributed by atoms with Gasteiger partial charge in [-0.2, -0.15) is 0 Å². The number of aromatic nitrogens is 5. The third-order valence-electron chi connectivity index (χ3n) is 6.80. The average Bonchev–Trinajstić information content (AvgIpc) is 3.37. The second kappa shape index (κ2) is 10.8. The van der Waals surface area contributed by atoms with Gasteiger partial charge in [-0.25, -0.2) is 19.3 Å². The van der Waals surface area contributed by atoms with E-state index in [1.54, 1.807) is 19.5 Å². The molecule has 0 bridgehead atoms. The SMILES string of the molecule is COC1CCN(Cc2ccc(Nc3ncc(F)c(-c4cnc(C5CCOC(C)C5)[nH]4)n3)cn2)CC1. The number of piperidine rings is 1. The van der Waals surface area contributed by atoms with Crippen molar-refractivity contribution >= 4 is 11.6 Å². The highest BCUT2D eigenvalue weighted by Crippen LogP contribution is 2.30. The number of rotatable bonds is 7. The first-order valence-electron chi connectivity index (χ1n) is 12.2. The fourth-order valence-corrected chi connectivity index (χ4v) is 4.78. The van der Waals surface area contributed by atoms with Crippen LogP contribution in [0, 0.1) is 5.82 Å². The summed E-state index contributed by atoms with van der Waals surface area (Å²) in [5.74, 6) is 0.907. The van der Waals surface area contributed by atoms with Crippen LogP contribution in [0.2, 0.25) is 0 Å². The molecule has 186 valence electrons. The maximum atomic E-state index is 14.6. The summed E-state index contributed by atoms with van der Waals surface area (Å²) in [6.07, 6.45) is 9.00. The number of ether oxygens (including phenoxy) is 2. The lowest BCUT2D eigenvalue weighted by Crippen LogP contribution is -2.36. The molecule has 5 rings (SSSR count). The van der Waals surface area contributed by atoms with Crippen molar-refractivity contribution in [3.05, 3.63) is 48.1 Å². The Balaban J connectivity index is 1.23. The van der Waals surface area contributed by atoms with Gasteiger partial charge in [0.25, 0.3) is 0 Å². The number of nitrogens with one attached hydrogen (secondary N) is 2. The molecule has 2 unspecified atom stereocenters.